The summed E-state index contributed by atoms with van der Waals surface area (Å²) in [6, 6.07) is 24.2. The molecule has 41 heavy (non-hydrogen) atoms. The van der Waals surface area contributed by atoms with Crippen molar-refractivity contribution < 1.29 is 23.9 Å². The molecule has 0 bridgehead atoms. The number of imidazole rings is 1. The minimum atomic E-state index is -0.690. The maximum absolute atomic E-state index is 13.9. The number of anilines is 1. The molecule has 0 spiro atoms. The molecule has 0 radical (unpaired) electrons. The van der Waals surface area contributed by atoms with E-state index in [4.69, 9.17) is 9.47 Å². The number of H-pyrrole nitrogens is 1. The van der Waals surface area contributed by atoms with Crippen molar-refractivity contribution in [3.63, 3.8) is 0 Å². The molecule has 1 unspecified atom stereocenters. The third-order valence-electron chi connectivity index (χ3n) is 7.05. The minimum absolute atomic E-state index is 0.106. The number of hydrogen-bond donors (Lipinski definition) is 2. The molecule has 2 aliphatic rings. The third kappa shape index (κ3) is 5.30. The van der Waals surface area contributed by atoms with Crippen LogP contribution in [0.3, 0.4) is 0 Å². The van der Waals surface area contributed by atoms with Crippen LogP contribution in [0.1, 0.15) is 29.7 Å². The summed E-state index contributed by atoms with van der Waals surface area (Å²) < 4.78 is 11.4. The van der Waals surface area contributed by atoms with Crippen LogP contribution in [0.4, 0.5) is 5.95 Å². The molecule has 1 aromatic heterocycles. The fourth-order valence-corrected chi connectivity index (χ4v) is 6.38. The molecule has 0 saturated carbocycles. The Balaban J connectivity index is 1.29. The lowest BCUT2D eigenvalue weighted by Crippen LogP contribution is -2.68. The zero-order valence-electron chi connectivity index (χ0n) is 22.5. The van der Waals surface area contributed by atoms with Crippen LogP contribution in [-0.2, 0) is 23.9 Å². The number of aromatic amines is 1. The van der Waals surface area contributed by atoms with E-state index in [9.17, 15) is 14.4 Å². The number of nitrogens with one attached hydrogen (secondary N) is 2. The number of nitrogens with zero attached hydrogens (tertiary/aromatic N) is 2. The number of hydrogen-bond acceptors (Lipinski definition) is 8. The summed E-state index contributed by atoms with van der Waals surface area (Å²) in [5, 5.41) is 2.85. The van der Waals surface area contributed by atoms with Crippen molar-refractivity contribution in [1.82, 2.24) is 14.9 Å². The Bertz CT molecular complexity index is 1610. The van der Waals surface area contributed by atoms with Gasteiger partial charge >= 0.3 is 11.9 Å². The summed E-state index contributed by atoms with van der Waals surface area (Å²) in [6.07, 6.45) is -0.690. The van der Waals surface area contributed by atoms with Gasteiger partial charge in [0.05, 0.1) is 11.0 Å². The predicted octanol–water partition coefficient (Wildman–Crippen LogP) is 4.72. The maximum atomic E-state index is 13.9. The lowest BCUT2D eigenvalue weighted by molar-refractivity contribution is -0.152. The molecule has 3 aromatic carbocycles. The van der Waals surface area contributed by atoms with Crippen LogP contribution in [0, 0.1) is 6.92 Å². The fourth-order valence-electron chi connectivity index (χ4n) is 5.06. The highest BCUT2D eigenvalue weighted by molar-refractivity contribution is 8.00. The molecule has 1 amide bonds. The standard InChI is InChI=1S/C31H28N4O5S/c1-18-13-14-23-24(15-18)33-31(32-23)34-25-28(37)35-26(22(16-39-19(2)36)17-41-29(25)35)30(38)40-27(20-9-5-3-6-10-20)21-11-7-4-8-12-21/h3-15,25,27,29H,16-17H2,1-2H3,(H2,32,33,34)/t25-,29?/m1/s1. The summed E-state index contributed by atoms with van der Waals surface area (Å²) in [7, 11) is 0. The second-order valence-corrected chi connectivity index (χ2v) is 11.1. The van der Waals surface area contributed by atoms with Gasteiger partial charge in [0.25, 0.3) is 5.91 Å². The van der Waals surface area contributed by atoms with E-state index in [2.05, 4.69) is 15.3 Å². The van der Waals surface area contributed by atoms with Gasteiger partial charge in [-0.2, -0.15) is 0 Å². The Hall–Kier alpha value is -4.57. The van der Waals surface area contributed by atoms with Crippen molar-refractivity contribution >= 4 is 46.6 Å². The quantitative estimate of drug-likeness (QED) is 0.232. The molecule has 2 aliphatic heterocycles. The van der Waals surface area contributed by atoms with Crippen molar-refractivity contribution in [2.45, 2.75) is 31.4 Å². The first-order chi connectivity index (χ1) is 19.9. The summed E-state index contributed by atoms with van der Waals surface area (Å²) >= 11 is 1.49. The number of ether oxygens (including phenoxy) is 2. The number of esters is 2. The van der Waals surface area contributed by atoms with E-state index >= 15 is 0 Å². The van der Waals surface area contributed by atoms with Crippen LogP contribution in [0.2, 0.25) is 0 Å². The lowest BCUT2D eigenvalue weighted by atomic mass is 10.0. The number of aromatic nitrogens is 2. The molecule has 6 rings (SSSR count). The SMILES string of the molecule is CC(=O)OCC1=C(C(=O)OC(c2ccccc2)c2ccccc2)N2C(=O)[C@@H](Nc3nc4ccc(C)cc4[nH]3)C2SC1. The first-order valence-electron chi connectivity index (χ1n) is 13.2. The van der Waals surface area contributed by atoms with E-state index < -0.39 is 24.1 Å². The van der Waals surface area contributed by atoms with Crippen LogP contribution in [0.15, 0.2) is 90.1 Å². The molecule has 10 heteroatoms. The smallest absolute Gasteiger partial charge is 0.356 e. The Morgan fingerprint density at radius 1 is 1.07 bits per heavy atom. The zero-order valence-corrected chi connectivity index (χ0v) is 23.3. The second-order valence-electron chi connectivity index (χ2n) is 9.98. The Kier molecular flexibility index (Phi) is 7.23. The molecule has 4 aromatic rings. The van der Waals surface area contributed by atoms with Crippen LogP contribution in [-0.4, -0.2) is 56.5 Å². The van der Waals surface area contributed by atoms with Crippen LogP contribution in [0.5, 0.6) is 0 Å². The molecule has 208 valence electrons. The van der Waals surface area contributed by atoms with Gasteiger partial charge in [0.15, 0.2) is 6.10 Å². The van der Waals surface area contributed by atoms with Gasteiger partial charge in [-0.1, -0.05) is 66.7 Å². The Labute approximate surface area is 240 Å². The largest absolute Gasteiger partial charge is 0.461 e. The van der Waals surface area contributed by atoms with E-state index in [1.165, 1.54) is 23.6 Å². The molecular formula is C31H28N4O5S. The summed E-state index contributed by atoms with van der Waals surface area (Å²) in [5.41, 5.74) is 5.00. The summed E-state index contributed by atoms with van der Waals surface area (Å²) in [5.74, 6) is -0.539. The van der Waals surface area contributed by atoms with Gasteiger partial charge in [-0.25, -0.2) is 9.78 Å². The number of rotatable bonds is 8. The molecule has 1 fully saturated rings. The molecule has 9 nitrogen and oxygen atoms in total. The van der Waals surface area contributed by atoms with Crippen molar-refractivity contribution in [3.8, 4) is 0 Å². The first-order valence-corrected chi connectivity index (χ1v) is 14.3. The number of carbonyl (C=O) groups is 3. The summed E-state index contributed by atoms with van der Waals surface area (Å²) in [4.78, 5) is 48.3. The highest BCUT2D eigenvalue weighted by Gasteiger charge is 2.54. The first kappa shape index (κ1) is 26.6. The van der Waals surface area contributed by atoms with Gasteiger partial charge in [-0.05, 0) is 35.7 Å². The van der Waals surface area contributed by atoms with E-state index in [1.54, 1.807) is 0 Å². The molecule has 2 atom stereocenters. The van der Waals surface area contributed by atoms with Gasteiger partial charge in [0, 0.05) is 18.2 Å². The third-order valence-corrected chi connectivity index (χ3v) is 8.39. The molecule has 2 N–H and O–H groups in total. The van der Waals surface area contributed by atoms with Crippen molar-refractivity contribution in [2.24, 2.45) is 0 Å². The molecule has 0 aliphatic carbocycles. The number of aryl methyl sites for hydroxylation is 1. The number of fused-ring (bicyclic) bond motifs is 2. The number of thioether (sulfide) groups is 1. The number of benzene rings is 3. The van der Waals surface area contributed by atoms with Gasteiger partial charge in [0.2, 0.25) is 5.95 Å². The topological polar surface area (TPSA) is 114 Å². The number of β-lactam (4-membered cyclic amide) rings is 1. The molecular weight excluding hydrogens is 540 g/mol. The molecule has 1 saturated heterocycles. The zero-order chi connectivity index (χ0) is 28.5. The number of carbonyl (C=O) groups excluding carboxylic acids is 3. The normalized spacial score (nSPS) is 18.2. The van der Waals surface area contributed by atoms with Crippen molar-refractivity contribution in [3.05, 3.63) is 107 Å². The lowest BCUT2D eigenvalue weighted by Gasteiger charge is -2.49. The average Bonchev–Trinajstić information content (AvgIpc) is 3.39. The van der Waals surface area contributed by atoms with E-state index in [0.29, 0.717) is 17.3 Å². The van der Waals surface area contributed by atoms with E-state index in [-0.39, 0.29) is 23.6 Å². The Morgan fingerprint density at radius 2 is 1.76 bits per heavy atom. The van der Waals surface area contributed by atoms with E-state index in [1.807, 2.05) is 85.8 Å². The van der Waals surface area contributed by atoms with Crippen LogP contribution in [0.25, 0.3) is 11.0 Å². The van der Waals surface area contributed by atoms with Crippen molar-refractivity contribution in [2.75, 3.05) is 17.7 Å². The number of amides is 1. The van der Waals surface area contributed by atoms with Gasteiger partial charge in [0.1, 0.15) is 23.7 Å². The summed E-state index contributed by atoms with van der Waals surface area (Å²) in [6.45, 7) is 3.20. The maximum Gasteiger partial charge on any atom is 0.356 e. The predicted molar refractivity (Wildman–Crippen MR) is 156 cm³/mol. The van der Waals surface area contributed by atoms with Crippen LogP contribution < -0.4 is 5.32 Å². The molecule has 3 heterocycles. The minimum Gasteiger partial charge on any atom is -0.461 e. The van der Waals surface area contributed by atoms with Crippen LogP contribution >= 0.6 is 11.8 Å². The van der Waals surface area contributed by atoms with Crippen molar-refractivity contribution in [1.29, 1.82) is 0 Å². The monoisotopic (exact) mass is 568 g/mol. The highest BCUT2D eigenvalue weighted by atomic mass is 32.2. The van der Waals surface area contributed by atoms with E-state index in [0.717, 1.165) is 27.7 Å². The van der Waals surface area contributed by atoms with Gasteiger partial charge < -0.3 is 19.8 Å². The average molecular weight is 569 g/mol. The van der Waals surface area contributed by atoms with Gasteiger partial charge in [-0.15, -0.1) is 11.8 Å². The highest BCUT2D eigenvalue weighted by Crippen LogP contribution is 2.42. The Morgan fingerprint density at radius 3 is 2.41 bits per heavy atom. The second kappa shape index (κ2) is 11.1. The fraction of sp³-hybridized carbons (Fsp3) is 0.226. The van der Waals surface area contributed by atoms with Gasteiger partial charge in [-0.3, -0.25) is 14.5 Å².